The minimum Gasteiger partial charge on any atom is -0.389 e. The van der Waals surface area contributed by atoms with E-state index in [4.69, 9.17) is 0 Å². The molecule has 0 amide bonds. The number of hydrogen-bond acceptors (Lipinski definition) is 3. The van der Waals surface area contributed by atoms with Gasteiger partial charge in [-0.05, 0) is 46.7 Å². The SMILES string of the molecule is CC(NCCN1CCCCCC1)C(C)(C)O. The lowest BCUT2D eigenvalue weighted by Gasteiger charge is -2.28. The van der Waals surface area contributed by atoms with Crippen LogP contribution in [0, 0.1) is 0 Å². The molecule has 1 heterocycles. The number of rotatable bonds is 5. The van der Waals surface area contributed by atoms with Crippen molar-refractivity contribution in [2.24, 2.45) is 0 Å². The molecular weight excluding hydrogens is 200 g/mol. The molecule has 1 fully saturated rings. The lowest BCUT2D eigenvalue weighted by atomic mass is 10.0. The van der Waals surface area contributed by atoms with Crippen LogP contribution in [0.2, 0.25) is 0 Å². The lowest BCUT2D eigenvalue weighted by molar-refractivity contribution is 0.0435. The van der Waals surface area contributed by atoms with E-state index in [-0.39, 0.29) is 6.04 Å². The summed E-state index contributed by atoms with van der Waals surface area (Å²) in [5.74, 6) is 0. The van der Waals surface area contributed by atoms with Gasteiger partial charge in [0.15, 0.2) is 0 Å². The second-order valence-electron chi connectivity index (χ2n) is 5.59. The first-order chi connectivity index (χ1) is 7.50. The van der Waals surface area contributed by atoms with Crippen LogP contribution in [0.25, 0.3) is 0 Å². The van der Waals surface area contributed by atoms with Gasteiger partial charge in [0.2, 0.25) is 0 Å². The van der Waals surface area contributed by atoms with Crippen molar-refractivity contribution >= 4 is 0 Å². The molecular formula is C13H28N2O. The Morgan fingerprint density at radius 3 is 2.25 bits per heavy atom. The highest BCUT2D eigenvalue weighted by Crippen LogP contribution is 2.09. The van der Waals surface area contributed by atoms with E-state index in [2.05, 4.69) is 10.2 Å². The highest BCUT2D eigenvalue weighted by Gasteiger charge is 2.21. The smallest absolute Gasteiger partial charge is 0.0741 e. The highest BCUT2D eigenvalue weighted by atomic mass is 16.3. The molecule has 0 saturated carbocycles. The Bertz CT molecular complexity index is 181. The predicted molar refractivity (Wildman–Crippen MR) is 68.7 cm³/mol. The molecule has 16 heavy (non-hydrogen) atoms. The van der Waals surface area contributed by atoms with Crippen molar-refractivity contribution in [3.8, 4) is 0 Å². The zero-order chi connectivity index (χ0) is 12.0. The molecule has 0 bridgehead atoms. The van der Waals surface area contributed by atoms with Gasteiger partial charge in [-0.2, -0.15) is 0 Å². The normalized spacial score (nSPS) is 21.8. The van der Waals surface area contributed by atoms with Crippen LogP contribution in [0.1, 0.15) is 46.5 Å². The summed E-state index contributed by atoms with van der Waals surface area (Å²) in [5.41, 5.74) is -0.626. The molecule has 1 rings (SSSR count). The molecule has 1 aliphatic heterocycles. The summed E-state index contributed by atoms with van der Waals surface area (Å²) >= 11 is 0. The number of likely N-dealkylation sites (tertiary alicyclic amines) is 1. The lowest BCUT2D eigenvalue weighted by Crippen LogP contribution is -2.47. The van der Waals surface area contributed by atoms with Crippen LogP contribution < -0.4 is 5.32 Å². The Morgan fingerprint density at radius 2 is 1.75 bits per heavy atom. The second-order valence-corrected chi connectivity index (χ2v) is 5.59. The molecule has 0 aliphatic carbocycles. The second kappa shape index (κ2) is 6.58. The Kier molecular flexibility index (Phi) is 5.73. The zero-order valence-electron chi connectivity index (χ0n) is 11.1. The molecule has 1 saturated heterocycles. The maximum Gasteiger partial charge on any atom is 0.0741 e. The van der Waals surface area contributed by atoms with E-state index in [1.54, 1.807) is 0 Å². The van der Waals surface area contributed by atoms with Crippen molar-refractivity contribution in [1.82, 2.24) is 10.2 Å². The maximum absolute atomic E-state index is 9.79. The summed E-state index contributed by atoms with van der Waals surface area (Å²) in [6.07, 6.45) is 5.48. The van der Waals surface area contributed by atoms with Crippen molar-refractivity contribution in [2.75, 3.05) is 26.2 Å². The molecule has 0 aromatic rings. The van der Waals surface area contributed by atoms with Gasteiger partial charge < -0.3 is 15.3 Å². The molecule has 3 heteroatoms. The molecule has 96 valence electrons. The van der Waals surface area contributed by atoms with Crippen molar-refractivity contribution in [1.29, 1.82) is 0 Å². The molecule has 1 aliphatic rings. The molecule has 1 unspecified atom stereocenters. The van der Waals surface area contributed by atoms with Crippen LogP contribution in [0.3, 0.4) is 0 Å². The summed E-state index contributed by atoms with van der Waals surface area (Å²) in [6, 6.07) is 0.152. The summed E-state index contributed by atoms with van der Waals surface area (Å²) in [6.45, 7) is 10.3. The van der Waals surface area contributed by atoms with Gasteiger partial charge in [-0.25, -0.2) is 0 Å². The molecule has 0 aromatic heterocycles. The van der Waals surface area contributed by atoms with Crippen LogP contribution >= 0.6 is 0 Å². The standard InChI is InChI=1S/C13H28N2O/c1-12(13(2,3)16)14-8-11-15-9-6-4-5-7-10-15/h12,14,16H,4-11H2,1-3H3. The van der Waals surface area contributed by atoms with Crippen molar-refractivity contribution in [2.45, 2.75) is 58.1 Å². The minimum atomic E-state index is -0.626. The predicted octanol–water partition coefficient (Wildman–Crippen LogP) is 1.61. The molecule has 1 atom stereocenters. The fourth-order valence-electron chi connectivity index (χ4n) is 2.05. The van der Waals surface area contributed by atoms with Gasteiger partial charge in [0.1, 0.15) is 0 Å². The van der Waals surface area contributed by atoms with Gasteiger partial charge in [0.05, 0.1) is 5.60 Å². The highest BCUT2D eigenvalue weighted by molar-refractivity contribution is 4.79. The van der Waals surface area contributed by atoms with Gasteiger partial charge in [-0.15, -0.1) is 0 Å². The average molecular weight is 228 g/mol. The van der Waals surface area contributed by atoms with Crippen molar-refractivity contribution in [3.05, 3.63) is 0 Å². The van der Waals surface area contributed by atoms with E-state index in [9.17, 15) is 5.11 Å². The summed E-state index contributed by atoms with van der Waals surface area (Å²) in [7, 11) is 0. The zero-order valence-corrected chi connectivity index (χ0v) is 11.1. The van der Waals surface area contributed by atoms with Gasteiger partial charge in [-0.3, -0.25) is 0 Å². The Labute approximate surface area is 100 Å². The number of nitrogens with one attached hydrogen (secondary N) is 1. The van der Waals surface area contributed by atoms with E-state index in [1.165, 1.54) is 38.8 Å². The first kappa shape index (κ1) is 13.9. The van der Waals surface area contributed by atoms with E-state index >= 15 is 0 Å². The third kappa shape index (κ3) is 5.28. The van der Waals surface area contributed by atoms with E-state index in [0.29, 0.717) is 0 Å². The molecule has 0 aromatic carbocycles. The van der Waals surface area contributed by atoms with Gasteiger partial charge in [-0.1, -0.05) is 12.8 Å². The minimum absolute atomic E-state index is 0.152. The first-order valence-corrected chi connectivity index (χ1v) is 6.68. The van der Waals surface area contributed by atoms with Crippen LogP contribution in [0.4, 0.5) is 0 Å². The van der Waals surface area contributed by atoms with E-state index < -0.39 is 5.60 Å². The van der Waals surface area contributed by atoms with E-state index in [1.807, 2.05) is 20.8 Å². The summed E-state index contributed by atoms with van der Waals surface area (Å²) < 4.78 is 0. The third-order valence-electron chi connectivity index (χ3n) is 3.64. The summed E-state index contributed by atoms with van der Waals surface area (Å²) in [5, 5.41) is 13.2. The van der Waals surface area contributed by atoms with Crippen LogP contribution in [-0.4, -0.2) is 47.8 Å². The largest absolute Gasteiger partial charge is 0.389 e. The number of nitrogens with zero attached hydrogens (tertiary/aromatic N) is 1. The fraction of sp³-hybridized carbons (Fsp3) is 1.00. The molecule has 2 N–H and O–H groups in total. The topological polar surface area (TPSA) is 35.5 Å². The molecule has 3 nitrogen and oxygen atoms in total. The maximum atomic E-state index is 9.79. The number of aliphatic hydroxyl groups is 1. The van der Waals surface area contributed by atoms with Crippen molar-refractivity contribution in [3.63, 3.8) is 0 Å². The first-order valence-electron chi connectivity index (χ1n) is 6.68. The Hall–Kier alpha value is -0.120. The summed E-state index contributed by atoms with van der Waals surface area (Å²) in [4.78, 5) is 2.54. The molecule has 0 radical (unpaired) electrons. The Morgan fingerprint density at radius 1 is 1.19 bits per heavy atom. The monoisotopic (exact) mass is 228 g/mol. The van der Waals surface area contributed by atoms with Gasteiger partial charge in [0.25, 0.3) is 0 Å². The quantitative estimate of drug-likeness (QED) is 0.750. The van der Waals surface area contributed by atoms with Crippen molar-refractivity contribution < 1.29 is 5.11 Å². The Balaban J connectivity index is 2.14. The third-order valence-corrected chi connectivity index (χ3v) is 3.64. The van der Waals surface area contributed by atoms with E-state index in [0.717, 1.165) is 13.1 Å². The van der Waals surface area contributed by atoms with Crippen LogP contribution in [-0.2, 0) is 0 Å². The molecule has 0 spiro atoms. The van der Waals surface area contributed by atoms with Crippen LogP contribution in [0.15, 0.2) is 0 Å². The van der Waals surface area contributed by atoms with Gasteiger partial charge >= 0.3 is 0 Å². The van der Waals surface area contributed by atoms with Crippen LogP contribution in [0.5, 0.6) is 0 Å². The fourth-order valence-corrected chi connectivity index (χ4v) is 2.05. The number of hydrogen-bond donors (Lipinski definition) is 2. The average Bonchev–Trinajstić information content (AvgIpc) is 2.44. The van der Waals surface area contributed by atoms with Gasteiger partial charge in [0, 0.05) is 19.1 Å².